The number of phenols is 4. The zero-order valence-electron chi connectivity index (χ0n) is 55.8. The molecule has 12 heteroatoms. The van der Waals surface area contributed by atoms with Crippen LogP contribution in [0, 0.1) is 29.1 Å². The van der Waals surface area contributed by atoms with E-state index in [1.54, 1.807) is 0 Å². The Hall–Kier alpha value is -6.04. The molecule has 0 heterocycles. The second kappa shape index (κ2) is 30.0. The maximum absolute atomic E-state index is 14.1. The second-order valence-corrected chi connectivity index (χ2v) is 30.1. The molecule has 0 amide bonds. The molecule has 0 saturated heterocycles. The summed E-state index contributed by atoms with van der Waals surface area (Å²) in [6.45, 7) is 39.3. The molecule has 4 aromatic rings. The molecular formula is C73H108O12. The Morgan fingerprint density at radius 2 is 0.506 bits per heavy atom. The van der Waals surface area contributed by atoms with Crippen LogP contribution < -0.4 is 0 Å². The molecule has 0 fully saturated rings. The zero-order valence-corrected chi connectivity index (χ0v) is 55.8. The predicted molar refractivity (Wildman–Crippen MR) is 341 cm³/mol. The third kappa shape index (κ3) is 22.3. The van der Waals surface area contributed by atoms with Crippen LogP contribution in [0.3, 0.4) is 0 Å². The number of rotatable bonds is 28. The van der Waals surface area contributed by atoms with Gasteiger partial charge in [0, 0.05) is 25.7 Å². The van der Waals surface area contributed by atoms with Crippen molar-refractivity contribution < 1.29 is 58.6 Å². The van der Waals surface area contributed by atoms with Gasteiger partial charge in [-0.15, -0.1) is 0 Å². The van der Waals surface area contributed by atoms with Gasteiger partial charge in [0.05, 0.1) is 0 Å². The lowest BCUT2D eigenvalue weighted by Crippen LogP contribution is -2.44. The van der Waals surface area contributed by atoms with Crippen molar-refractivity contribution in [3.8, 4) is 23.0 Å². The van der Waals surface area contributed by atoms with Crippen molar-refractivity contribution in [1.29, 1.82) is 0 Å². The van der Waals surface area contributed by atoms with E-state index in [0.29, 0.717) is 51.4 Å². The van der Waals surface area contributed by atoms with E-state index in [-0.39, 0.29) is 94.0 Å². The molecule has 4 rings (SSSR count). The van der Waals surface area contributed by atoms with Gasteiger partial charge in [-0.2, -0.15) is 0 Å². The van der Waals surface area contributed by atoms with Gasteiger partial charge in [-0.05, 0) is 163 Å². The molecule has 0 saturated carbocycles. The molecule has 0 aliphatic carbocycles. The fourth-order valence-electron chi connectivity index (χ4n) is 10.7. The third-order valence-electron chi connectivity index (χ3n) is 15.4. The number of benzene rings is 4. The van der Waals surface area contributed by atoms with Gasteiger partial charge in [0.2, 0.25) is 0 Å². The van der Waals surface area contributed by atoms with Crippen molar-refractivity contribution in [1.82, 2.24) is 0 Å². The van der Waals surface area contributed by atoms with Crippen LogP contribution in [-0.2, 0) is 111 Å². The van der Waals surface area contributed by atoms with Crippen LogP contribution in [0.5, 0.6) is 23.0 Å². The summed E-state index contributed by atoms with van der Waals surface area (Å²) in [6, 6.07) is 15.5. The lowest BCUT2D eigenvalue weighted by Gasteiger charge is -2.32. The number of hydrogen-bond donors (Lipinski definition) is 4. The number of phenolic OH excluding ortho intramolecular Hbond substituents is 4. The van der Waals surface area contributed by atoms with E-state index in [9.17, 15) is 39.6 Å². The summed E-state index contributed by atoms with van der Waals surface area (Å²) in [5, 5.41) is 45.3. The SMILES string of the molecule is CC(C)Cc1cc(CCC(=O)OCC(COC(=O)CCc2cc(CC(C)C)c(O)c(C(C)(C)C)c2)(COC(=O)CCc2cc(CC(C)C)c(O)c(C(C)(C)C)c2)COC(=O)CCc2cc(CC(C)C)c(O)c(C(C)(C)C)c2)cc(C(C)(C)C)c1O. The number of ether oxygens (including phenoxy) is 4. The molecule has 0 atom stereocenters. The first kappa shape index (κ1) is 71.4. The minimum absolute atomic E-state index is 0.0448. The predicted octanol–water partition coefficient (Wildman–Crippen LogP) is 15.5. The van der Waals surface area contributed by atoms with Crippen molar-refractivity contribution in [2.24, 2.45) is 29.1 Å². The number of hydrogen-bond acceptors (Lipinski definition) is 12. The van der Waals surface area contributed by atoms with Crippen molar-refractivity contribution in [2.45, 2.75) is 237 Å². The first-order valence-corrected chi connectivity index (χ1v) is 31.2. The number of carbonyl (C=O) groups excluding carboxylic acids is 4. The minimum atomic E-state index is -1.56. The van der Waals surface area contributed by atoms with Crippen molar-refractivity contribution in [3.63, 3.8) is 0 Å². The fourth-order valence-corrected chi connectivity index (χ4v) is 10.7. The van der Waals surface area contributed by atoms with E-state index in [4.69, 9.17) is 18.9 Å². The van der Waals surface area contributed by atoms with E-state index >= 15 is 0 Å². The molecule has 0 radical (unpaired) electrons. The third-order valence-corrected chi connectivity index (χ3v) is 15.4. The number of esters is 4. The van der Waals surface area contributed by atoms with E-state index < -0.39 is 55.7 Å². The van der Waals surface area contributed by atoms with Gasteiger partial charge in [0.15, 0.2) is 0 Å². The van der Waals surface area contributed by atoms with Crippen LogP contribution in [0.2, 0.25) is 0 Å². The summed E-state index contributed by atoms with van der Waals surface area (Å²) in [6.07, 6.45) is 3.61. The van der Waals surface area contributed by atoms with Gasteiger partial charge in [0.1, 0.15) is 54.8 Å². The Balaban J connectivity index is 1.74. The van der Waals surface area contributed by atoms with E-state index in [1.165, 1.54) is 0 Å². The highest BCUT2D eigenvalue weighted by atomic mass is 16.6. The topological polar surface area (TPSA) is 186 Å². The number of carbonyl (C=O) groups is 4. The Morgan fingerprint density at radius 1 is 0.329 bits per heavy atom. The Bertz CT molecular complexity index is 2510. The van der Waals surface area contributed by atoms with Crippen LogP contribution in [-0.4, -0.2) is 70.7 Å². The van der Waals surface area contributed by atoms with Gasteiger partial charge in [-0.25, -0.2) is 0 Å². The smallest absolute Gasteiger partial charge is 0.306 e. The Kier molecular flexibility index (Phi) is 25.3. The first-order valence-electron chi connectivity index (χ1n) is 31.2. The van der Waals surface area contributed by atoms with Gasteiger partial charge in [-0.1, -0.05) is 187 Å². The Labute approximate surface area is 511 Å². The van der Waals surface area contributed by atoms with Crippen LogP contribution in [0.25, 0.3) is 0 Å². The standard InChI is InChI=1S/C73H108O12/c1-45(2)29-53-33-49(37-57(65(53)78)69(9,10)11)21-25-61(74)82-41-73(42-83-62(75)26-22-50-34-54(30-46(3)4)66(79)58(38-50)70(12,13)14,43-84-63(76)27-23-51-35-55(31-47(5)6)67(80)59(39-51)71(15,16)17)44-85-64(77)28-24-52-36-56(32-48(7)8)68(81)60(40-52)72(18,19)20/h33-40,45-48,78-81H,21-32,41-44H2,1-20H3. The highest BCUT2D eigenvalue weighted by Gasteiger charge is 2.38. The maximum Gasteiger partial charge on any atom is 0.306 e. The summed E-state index contributed by atoms with van der Waals surface area (Å²) in [4.78, 5) is 56.3. The molecule has 0 aliphatic rings. The van der Waals surface area contributed by atoms with Gasteiger partial charge in [0.25, 0.3) is 0 Å². The normalized spacial score (nSPS) is 12.6. The van der Waals surface area contributed by atoms with Crippen LogP contribution in [0.4, 0.5) is 0 Å². The minimum Gasteiger partial charge on any atom is -0.507 e. The van der Waals surface area contributed by atoms with Gasteiger partial charge < -0.3 is 39.4 Å². The average Bonchev–Trinajstić information content (AvgIpc) is 1.65. The lowest BCUT2D eigenvalue weighted by molar-refractivity contribution is -0.170. The molecular weight excluding hydrogens is 1070 g/mol. The number of aromatic hydroxyl groups is 4. The summed E-state index contributed by atoms with van der Waals surface area (Å²) in [7, 11) is 0. The highest BCUT2D eigenvalue weighted by molar-refractivity contribution is 5.72. The zero-order chi connectivity index (χ0) is 64.2. The molecule has 0 aromatic heterocycles. The lowest BCUT2D eigenvalue weighted by atomic mass is 9.82. The van der Waals surface area contributed by atoms with Gasteiger partial charge in [-0.3, -0.25) is 19.2 Å². The van der Waals surface area contributed by atoms with E-state index in [0.717, 1.165) is 66.8 Å². The second-order valence-electron chi connectivity index (χ2n) is 30.1. The van der Waals surface area contributed by atoms with E-state index in [2.05, 4.69) is 55.4 Å². The molecule has 4 aromatic carbocycles. The monoisotopic (exact) mass is 1180 g/mol. The first-order chi connectivity index (χ1) is 39.2. The molecule has 12 nitrogen and oxygen atoms in total. The van der Waals surface area contributed by atoms with Gasteiger partial charge >= 0.3 is 23.9 Å². The number of aryl methyl sites for hydroxylation is 4. The maximum atomic E-state index is 14.1. The van der Waals surface area contributed by atoms with Crippen LogP contribution in [0.1, 0.15) is 231 Å². The molecule has 0 aliphatic heterocycles. The molecule has 4 N–H and O–H groups in total. The summed E-state index contributed by atoms with van der Waals surface area (Å²) < 4.78 is 24.4. The van der Waals surface area contributed by atoms with Crippen LogP contribution >= 0.6 is 0 Å². The largest absolute Gasteiger partial charge is 0.507 e. The molecule has 0 unspecified atom stereocenters. The van der Waals surface area contributed by atoms with Crippen molar-refractivity contribution in [2.75, 3.05) is 26.4 Å². The molecule has 85 heavy (non-hydrogen) atoms. The summed E-state index contributed by atoms with van der Waals surface area (Å²) in [5.41, 5.74) is 6.71. The fraction of sp³-hybridized carbons (Fsp3) is 0.616. The molecule has 472 valence electrons. The Morgan fingerprint density at radius 3 is 0.659 bits per heavy atom. The summed E-state index contributed by atoms with van der Waals surface area (Å²) >= 11 is 0. The van der Waals surface area contributed by atoms with Crippen molar-refractivity contribution in [3.05, 3.63) is 115 Å². The quantitative estimate of drug-likeness (QED) is 0.0312. The molecule has 0 bridgehead atoms. The summed E-state index contributed by atoms with van der Waals surface area (Å²) in [5.74, 6) is -0.211. The molecule has 0 spiro atoms. The highest BCUT2D eigenvalue weighted by Crippen LogP contribution is 2.40. The van der Waals surface area contributed by atoms with Crippen LogP contribution in [0.15, 0.2) is 48.5 Å². The van der Waals surface area contributed by atoms with Crippen molar-refractivity contribution >= 4 is 23.9 Å². The van der Waals surface area contributed by atoms with E-state index in [1.807, 2.05) is 132 Å². The average molecular weight is 1180 g/mol.